The number of aryl methyl sites for hydroxylation is 1. The molecule has 1 unspecified atom stereocenters. The smallest absolute Gasteiger partial charge is 0.253 e. The first kappa shape index (κ1) is 12.4. The van der Waals surface area contributed by atoms with E-state index in [1.54, 1.807) is 11.0 Å². The van der Waals surface area contributed by atoms with E-state index in [0.717, 1.165) is 11.3 Å². The molecule has 0 bridgehead atoms. The number of hydrogen-bond donors (Lipinski definition) is 1. The van der Waals surface area contributed by atoms with Crippen LogP contribution in [0, 0.1) is 6.92 Å². The minimum absolute atomic E-state index is 0.0722. The van der Waals surface area contributed by atoms with Gasteiger partial charge in [0.25, 0.3) is 5.91 Å². The van der Waals surface area contributed by atoms with Crippen LogP contribution >= 0.6 is 11.6 Å². The number of carbonyl (C=O) groups is 1. The SMILES string of the molecule is Cc1ccc(Cl)cc1N1C(=O)COCC1CN. The molecule has 1 aromatic carbocycles. The highest BCUT2D eigenvalue weighted by molar-refractivity contribution is 6.31. The Labute approximate surface area is 105 Å². The van der Waals surface area contributed by atoms with E-state index in [-0.39, 0.29) is 18.6 Å². The van der Waals surface area contributed by atoms with Crippen molar-refractivity contribution in [2.45, 2.75) is 13.0 Å². The summed E-state index contributed by atoms with van der Waals surface area (Å²) in [6.45, 7) is 2.89. The van der Waals surface area contributed by atoms with Crippen molar-refractivity contribution in [2.24, 2.45) is 5.73 Å². The summed E-state index contributed by atoms with van der Waals surface area (Å²) in [5.74, 6) is -0.0722. The molecule has 0 aliphatic carbocycles. The van der Waals surface area contributed by atoms with Crippen LogP contribution in [0.15, 0.2) is 18.2 Å². The Balaban J connectivity index is 2.41. The van der Waals surface area contributed by atoms with E-state index in [4.69, 9.17) is 22.1 Å². The van der Waals surface area contributed by atoms with Gasteiger partial charge in [-0.3, -0.25) is 4.79 Å². The van der Waals surface area contributed by atoms with E-state index in [1.165, 1.54) is 0 Å². The van der Waals surface area contributed by atoms with Crippen molar-refractivity contribution in [1.29, 1.82) is 0 Å². The molecule has 2 rings (SSSR count). The maximum Gasteiger partial charge on any atom is 0.253 e. The number of carbonyl (C=O) groups excluding carboxylic acids is 1. The fraction of sp³-hybridized carbons (Fsp3) is 0.417. The molecule has 5 heteroatoms. The summed E-state index contributed by atoms with van der Waals surface area (Å²) in [6, 6.07) is 5.38. The molecule has 92 valence electrons. The van der Waals surface area contributed by atoms with Crippen LogP contribution < -0.4 is 10.6 Å². The highest BCUT2D eigenvalue weighted by atomic mass is 35.5. The van der Waals surface area contributed by atoms with E-state index in [9.17, 15) is 4.79 Å². The van der Waals surface area contributed by atoms with E-state index in [1.807, 2.05) is 19.1 Å². The molecule has 0 radical (unpaired) electrons. The molecule has 1 fully saturated rings. The van der Waals surface area contributed by atoms with Crippen LogP contribution in [0.3, 0.4) is 0 Å². The van der Waals surface area contributed by atoms with Gasteiger partial charge in [-0.25, -0.2) is 0 Å². The second-order valence-corrected chi connectivity index (χ2v) is 4.54. The van der Waals surface area contributed by atoms with Gasteiger partial charge in [-0.05, 0) is 24.6 Å². The highest BCUT2D eigenvalue weighted by Crippen LogP contribution is 2.27. The summed E-state index contributed by atoms with van der Waals surface area (Å²) < 4.78 is 5.20. The van der Waals surface area contributed by atoms with E-state index < -0.39 is 0 Å². The molecule has 4 nitrogen and oxygen atoms in total. The van der Waals surface area contributed by atoms with Crippen LogP contribution in [0.5, 0.6) is 0 Å². The van der Waals surface area contributed by atoms with Crippen LogP contribution in [-0.2, 0) is 9.53 Å². The predicted octanol–water partition coefficient (Wildman–Crippen LogP) is 1.34. The second-order valence-electron chi connectivity index (χ2n) is 4.10. The zero-order chi connectivity index (χ0) is 12.4. The van der Waals surface area contributed by atoms with E-state index in [2.05, 4.69) is 0 Å². The number of amides is 1. The van der Waals surface area contributed by atoms with Crippen LogP contribution in [0.2, 0.25) is 5.02 Å². The number of nitrogens with zero attached hydrogens (tertiary/aromatic N) is 1. The number of rotatable bonds is 2. The Morgan fingerprint density at radius 2 is 2.35 bits per heavy atom. The van der Waals surface area contributed by atoms with Gasteiger partial charge in [-0.2, -0.15) is 0 Å². The van der Waals surface area contributed by atoms with Gasteiger partial charge in [0.1, 0.15) is 6.61 Å². The molecule has 0 spiro atoms. The Kier molecular flexibility index (Phi) is 3.66. The zero-order valence-corrected chi connectivity index (χ0v) is 10.4. The fourth-order valence-electron chi connectivity index (χ4n) is 1.98. The van der Waals surface area contributed by atoms with Gasteiger partial charge < -0.3 is 15.4 Å². The molecule has 2 N–H and O–H groups in total. The monoisotopic (exact) mass is 254 g/mol. The lowest BCUT2D eigenvalue weighted by atomic mass is 10.1. The lowest BCUT2D eigenvalue weighted by molar-refractivity contribution is -0.127. The average molecular weight is 255 g/mol. The highest BCUT2D eigenvalue weighted by Gasteiger charge is 2.30. The number of morpholine rings is 1. The first-order valence-corrected chi connectivity index (χ1v) is 5.87. The Morgan fingerprint density at radius 3 is 3.06 bits per heavy atom. The van der Waals surface area contributed by atoms with Gasteiger partial charge >= 0.3 is 0 Å². The van der Waals surface area contributed by atoms with Crippen molar-refractivity contribution < 1.29 is 9.53 Å². The lowest BCUT2D eigenvalue weighted by Gasteiger charge is -2.35. The van der Waals surface area contributed by atoms with Gasteiger partial charge in [0.2, 0.25) is 0 Å². The summed E-state index contributed by atoms with van der Waals surface area (Å²) in [5, 5.41) is 0.612. The van der Waals surface area contributed by atoms with E-state index in [0.29, 0.717) is 18.2 Å². The molecule has 0 saturated carbocycles. The molecule has 0 aromatic heterocycles. The van der Waals surface area contributed by atoms with Gasteiger partial charge in [-0.1, -0.05) is 17.7 Å². The fourth-order valence-corrected chi connectivity index (χ4v) is 2.14. The Morgan fingerprint density at radius 1 is 1.59 bits per heavy atom. The summed E-state index contributed by atoms with van der Waals surface area (Å²) in [7, 11) is 0. The van der Waals surface area contributed by atoms with Gasteiger partial charge in [0.15, 0.2) is 0 Å². The minimum Gasteiger partial charge on any atom is -0.369 e. The third kappa shape index (κ3) is 2.44. The average Bonchev–Trinajstić information content (AvgIpc) is 2.32. The third-order valence-corrected chi connectivity index (χ3v) is 3.11. The molecular formula is C12H15ClN2O2. The molecule has 1 amide bonds. The minimum atomic E-state index is -0.117. The molecule has 1 aromatic rings. The molecule has 1 aliphatic rings. The predicted molar refractivity (Wildman–Crippen MR) is 67.3 cm³/mol. The van der Waals surface area contributed by atoms with Crippen molar-refractivity contribution in [2.75, 3.05) is 24.7 Å². The summed E-state index contributed by atoms with van der Waals surface area (Å²) >= 11 is 5.97. The summed E-state index contributed by atoms with van der Waals surface area (Å²) in [6.07, 6.45) is 0. The van der Waals surface area contributed by atoms with Crippen LogP contribution in [-0.4, -0.2) is 31.7 Å². The molecule has 17 heavy (non-hydrogen) atoms. The molecule has 1 atom stereocenters. The molecule has 1 heterocycles. The number of nitrogens with two attached hydrogens (primary N) is 1. The van der Waals surface area contributed by atoms with Crippen LogP contribution in [0.1, 0.15) is 5.56 Å². The second kappa shape index (κ2) is 5.04. The van der Waals surface area contributed by atoms with Gasteiger partial charge in [0, 0.05) is 17.3 Å². The van der Waals surface area contributed by atoms with Crippen molar-refractivity contribution in [3.05, 3.63) is 28.8 Å². The number of benzene rings is 1. The first-order chi connectivity index (χ1) is 8.13. The van der Waals surface area contributed by atoms with Crippen LogP contribution in [0.25, 0.3) is 0 Å². The first-order valence-electron chi connectivity index (χ1n) is 5.49. The number of hydrogen-bond acceptors (Lipinski definition) is 3. The third-order valence-electron chi connectivity index (χ3n) is 2.87. The number of halogens is 1. The van der Waals surface area contributed by atoms with Crippen molar-refractivity contribution >= 4 is 23.2 Å². The topological polar surface area (TPSA) is 55.6 Å². The summed E-state index contributed by atoms with van der Waals surface area (Å²) in [5.41, 5.74) is 7.50. The van der Waals surface area contributed by atoms with Crippen molar-refractivity contribution in [3.8, 4) is 0 Å². The lowest BCUT2D eigenvalue weighted by Crippen LogP contribution is -2.53. The zero-order valence-electron chi connectivity index (χ0n) is 9.65. The number of anilines is 1. The van der Waals surface area contributed by atoms with E-state index >= 15 is 0 Å². The quantitative estimate of drug-likeness (QED) is 0.867. The van der Waals surface area contributed by atoms with Gasteiger partial charge in [-0.15, -0.1) is 0 Å². The molecule has 1 saturated heterocycles. The standard InChI is InChI=1S/C12H15ClN2O2/c1-8-2-3-9(13)4-11(8)15-10(5-14)6-17-7-12(15)16/h2-4,10H,5-7,14H2,1H3. The maximum absolute atomic E-state index is 11.9. The summed E-state index contributed by atoms with van der Waals surface area (Å²) in [4.78, 5) is 13.6. The van der Waals surface area contributed by atoms with Crippen LogP contribution in [0.4, 0.5) is 5.69 Å². The van der Waals surface area contributed by atoms with Gasteiger partial charge in [0.05, 0.1) is 12.6 Å². The largest absolute Gasteiger partial charge is 0.369 e. The normalized spacial score (nSPS) is 20.8. The Hall–Kier alpha value is -1.10. The molecule has 1 aliphatic heterocycles. The van der Waals surface area contributed by atoms with Crippen molar-refractivity contribution in [1.82, 2.24) is 0 Å². The number of ether oxygens (including phenoxy) is 1. The van der Waals surface area contributed by atoms with Crippen molar-refractivity contribution in [3.63, 3.8) is 0 Å². The Bertz CT molecular complexity index is 437. The molecular weight excluding hydrogens is 240 g/mol. The maximum atomic E-state index is 11.9.